The van der Waals surface area contributed by atoms with E-state index in [1.807, 2.05) is 18.5 Å². The average Bonchev–Trinajstić information content (AvgIpc) is 3.82. The Morgan fingerprint density at radius 1 is 0.359 bits per heavy atom. The summed E-state index contributed by atoms with van der Waals surface area (Å²) in [5, 5.41) is 2.45. The van der Waals surface area contributed by atoms with Crippen LogP contribution in [0.4, 0.5) is 0 Å². The summed E-state index contributed by atoms with van der Waals surface area (Å²) < 4.78 is 2.41. The Bertz CT molecular complexity index is 3510. The van der Waals surface area contributed by atoms with Gasteiger partial charge in [0.2, 0.25) is 0 Å². The largest absolute Gasteiger partial charge is 0.309 e. The van der Waals surface area contributed by atoms with Crippen molar-refractivity contribution in [2.75, 3.05) is 0 Å². The molecular formula is C61H43N3. The number of para-hydroxylation sites is 1. The lowest BCUT2D eigenvalue weighted by atomic mass is 9.82. The van der Waals surface area contributed by atoms with E-state index in [1.165, 1.54) is 88.6 Å². The molecule has 0 aliphatic heterocycles. The number of hydrogen-bond acceptors (Lipinski definition) is 2. The van der Waals surface area contributed by atoms with E-state index in [9.17, 15) is 0 Å². The summed E-state index contributed by atoms with van der Waals surface area (Å²) in [5.74, 6) is 0. The third kappa shape index (κ3) is 6.28. The highest BCUT2D eigenvalue weighted by Crippen LogP contribution is 2.48. The Hall–Kier alpha value is -8.14. The number of fused-ring (bicyclic) bond motifs is 6. The number of benzene rings is 8. The minimum atomic E-state index is -0.182. The predicted octanol–water partition coefficient (Wildman–Crippen LogP) is 15.9. The molecule has 3 aromatic heterocycles. The van der Waals surface area contributed by atoms with E-state index >= 15 is 0 Å². The second kappa shape index (κ2) is 15.0. The molecule has 1 aliphatic rings. The van der Waals surface area contributed by atoms with E-state index in [-0.39, 0.29) is 5.41 Å². The first-order chi connectivity index (χ1) is 31.5. The minimum absolute atomic E-state index is 0.182. The summed E-state index contributed by atoms with van der Waals surface area (Å²) in [5.41, 5.74) is 21.9. The highest BCUT2D eigenvalue weighted by atomic mass is 15.0. The molecule has 0 fully saturated rings. The molecule has 3 heteroatoms. The number of rotatable bonds is 7. The molecule has 3 nitrogen and oxygen atoms in total. The van der Waals surface area contributed by atoms with Gasteiger partial charge in [-0.25, -0.2) is 0 Å². The van der Waals surface area contributed by atoms with Crippen molar-refractivity contribution in [2.45, 2.75) is 19.3 Å². The molecule has 302 valence electrons. The van der Waals surface area contributed by atoms with Crippen LogP contribution in [0, 0.1) is 0 Å². The van der Waals surface area contributed by atoms with Gasteiger partial charge in [0.25, 0.3) is 0 Å². The fourth-order valence-corrected chi connectivity index (χ4v) is 10.0. The molecule has 0 unspecified atom stereocenters. The first-order valence-electron chi connectivity index (χ1n) is 22.0. The van der Waals surface area contributed by atoms with Crippen molar-refractivity contribution in [3.05, 3.63) is 236 Å². The first kappa shape index (κ1) is 37.6. The Morgan fingerprint density at radius 2 is 0.891 bits per heavy atom. The Labute approximate surface area is 373 Å². The zero-order valence-electron chi connectivity index (χ0n) is 35.7. The quantitative estimate of drug-likeness (QED) is 0.160. The van der Waals surface area contributed by atoms with E-state index < -0.39 is 0 Å². The molecule has 64 heavy (non-hydrogen) atoms. The molecule has 8 aromatic carbocycles. The summed E-state index contributed by atoms with van der Waals surface area (Å²) in [6.07, 6.45) is 3.88. The molecule has 12 rings (SSSR count). The average molecular weight is 818 g/mol. The molecule has 0 radical (unpaired) electrons. The molecule has 0 bridgehead atoms. The highest BCUT2D eigenvalue weighted by Gasteiger charge is 2.37. The molecule has 0 N–H and O–H groups in total. The number of pyridine rings is 2. The highest BCUT2D eigenvalue weighted by molar-refractivity contribution is 6.16. The smallest absolute Gasteiger partial charge is 0.0930 e. The van der Waals surface area contributed by atoms with Gasteiger partial charge in [0.15, 0.2) is 0 Å². The van der Waals surface area contributed by atoms with Crippen molar-refractivity contribution in [1.82, 2.24) is 14.5 Å². The Kier molecular flexibility index (Phi) is 8.84. The topological polar surface area (TPSA) is 30.7 Å². The van der Waals surface area contributed by atoms with Gasteiger partial charge < -0.3 is 4.57 Å². The van der Waals surface area contributed by atoms with Crippen LogP contribution < -0.4 is 0 Å². The van der Waals surface area contributed by atoms with Gasteiger partial charge in [-0.05, 0) is 145 Å². The van der Waals surface area contributed by atoms with E-state index in [1.54, 1.807) is 0 Å². The van der Waals surface area contributed by atoms with Crippen LogP contribution in [0.25, 0.3) is 106 Å². The van der Waals surface area contributed by atoms with Gasteiger partial charge in [-0.1, -0.05) is 153 Å². The van der Waals surface area contributed by atoms with Crippen molar-refractivity contribution < 1.29 is 0 Å². The van der Waals surface area contributed by atoms with Crippen molar-refractivity contribution in [3.8, 4) is 83.8 Å². The zero-order valence-corrected chi connectivity index (χ0v) is 35.7. The molecule has 0 atom stereocenters. The monoisotopic (exact) mass is 817 g/mol. The molecule has 3 heterocycles. The molecule has 1 aliphatic carbocycles. The number of aromatic nitrogens is 3. The predicted molar refractivity (Wildman–Crippen MR) is 267 cm³/mol. The van der Waals surface area contributed by atoms with Crippen LogP contribution in [0.5, 0.6) is 0 Å². The molecule has 0 saturated heterocycles. The fraction of sp³-hybridized carbons (Fsp3) is 0.0492. The molecular weight excluding hydrogens is 775 g/mol. The van der Waals surface area contributed by atoms with Crippen molar-refractivity contribution >= 4 is 21.8 Å². The van der Waals surface area contributed by atoms with E-state index in [4.69, 9.17) is 9.97 Å². The van der Waals surface area contributed by atoms with Gasteiger partial charge >= 0.3 is 0 Å². The fourth-order valence-electron chi connectivity index (χ4n) is 10.0. The minimum Gasteiger partial charge on any atom is -0.309 e. The Balaban J connectivity index is 0.998. The summed E-state index contributed by atoms with van der Waals surface area (Å²) in [4.78, 5) is 9.77. The van der Waals surface area contributed by atoms with Crippen LogP contribution in [0.15, 0.2) is 225 Å². The molecule has 0 spiro atoms. The molecule has 11 aromatic rings. The van der Waals surface area contributed by atoms with Gasteiger partial charge in [-0.15, -0.1) is 0 Å². The van der Waals surface area contributed by atoms with Crippen LogP contribution in [0.3, 0.4) is 0 Å². The van der Waals surface area contributed by atoms with Crippen molar-refractivity contribution in [1.29, 1.82) is 0 Å². The van der Waals surface area contributed by atoms with Gasteiger partial charge in [-0.3, -0.25) is 9.97 Å². The van der Waals surface area contributed by atoms with Crippen molar-refractivity contribution in [2.24, 2.45) is 0 Å². The third-order valence-electron chi connectivity index (χ3n) is 13.3. The van der Waals surface area contributed by atoms with Crippen LogP contribution in [0.2, 0.25) is 0 Å². The van der Waals surface area contributed by atoms with Crippen LogP contribution >= 0.6 is 0 Å². The lowest BCUT2D eigenvalue weighted by molar-refractivity contribution is 0.658. The van der Waals surface area contributed by atoms with Crippen molar-refractivity contribution in [3.63, 3.8) is 0 Å². The number of nitrogens with zero attached hydrogens (tertiary/aromatic N) is 3. The summed E-state index contributed by atoms with van der Waals surface area (Å²) in [6, 6.07) is 77.3. The van der Waals surface area contributed by atoms with E-state index in [2.05, 4.69) is 225 Å². The Morgan fingerprint density at radius 3 is 1.59 bits per heavy atom. The SMILES string of the molecule is CC1(C)c2cccnc2-c2ncc(-c3cccc(-c4cccc5c4c4cc(-c6cccc(-c7cc(-c8ccccc8)cc(-c8ccccc8)c7)c6)ccc4n5-c4ccccc4)c3)cc21. The maximum Gasteiger partial charge on any atom is 0.0930 e. The van der Waals surface area contributed by atoms with Crippen LogP contribution in [-0.2, 0) is 5.41 Å². The second-order valence-electron chi connectivity index (χ2n) is 17.4. The number of hydrogen-bond donors (Lipinski definition) is 0. The summed E-state index contributed by atoms with van der Waals surface area (Å²) in [6.45, 7) is 4.56. The zero-order chi connectivity index (χ0) is 42.8. The molecule has 0 saturated carbocycles. The molecule has 0 amide bonds. The van der Waals surface area contributed by atoms with Crippen LogP contribution in [-0.4, -0.2) is 14.5 Å². The summed E-state index contributed by atoms with van der Waals surface area (Å²) in [7, 11) is 0. The maximum atomic E-state index is 5.04. The van der Waals surface area contributed by atoms with Gasteiger partial charge in [0.05, 0.1) is 22.4 Å². The first-order valence-corrected chi connectivity index (χ1v) is 22.0. The lowest BCUT2D eigenvalue weighted by Crippen LogP contribution is -2.15. The van der Waals surface area contributed by atoms with Gasteiger partial charge in [0, 0.05) is 39.8 Å². The van der Waals surface area contributed by atoms with Gasteiger partial charge in [0.1, 0.15) is 0 Å². The maximum absolute atomic E-state index is 5.04. The van der Waals surface area contributed by atoms with Crippen LogP contribution in [0.1, 0.15) is 25.0 Å². The van der Waals surface area contributed by atoms with Gasteiger partial charge in [-0.2, -0.15) is 0 Å². The summed E-state index contributed by atoms with van der Waals surface area (Å²) >= 11 is 0. The second-order valence-corrected chi connectivity index (χ2v) is 17.4. The normalized spacial score (nSPS) is 12.7. The third-order valence-corrected chi connectivity index (χ3v) is 13.3. The van der Waals surface area contributed by atoms with E-state index in [0.29, 0.717) is 0 Å². The van der Waals surface area contributed by atoms with E-state index in [0.717, 1.165) is 28.2 Å². The lowest BCUT2D eigenvalue weighted by Gasteiger charge is -2.21. The standard InChI is InChI=1S/C61H43N3/c1-61(2)54-27-15-31-62-59(54)60-55(61)38-50(39-63-60)44-22-13-23-46(33-44)52-26-14-28-57-58(52)53-37-45(29-30-56(53)64(57)51-24-10-5-11-25-51)42-20-12-21-43(32-42)49-35-47(40-16-6-3-7-17-40)34-48(36-49)41-18-8-4-9-19-41/h3-39H,1-2H3.